The molecule has 0 aromatic carbocycles. The maximum absolute atomic E-state index is 13.6. The first-order valence-corrected chi connectivity index (χ1v) is 12.1. The van der Waals surface area contributed by atoms with Crippen molar-refractivity contribution in [1.82, 2.24) is 0 Å². The molecule has 0 spiro atoms. The Morgan fingerprint density at radius 1 is 1.17 bits per heavy atom. The van der Waals surface area contributed by atoms with E-state index < -0.39 is 29.0 Å². The number of aliphatic hydroxyl groups excluding tert-OH is 2. The quantitative estimate of drug-likeness (QED) is 0.638. The number of hydrogen-bond donors (Lipinski definition) is 3. The normalized spacial score (nSPS) is 51.6. The fourth-order valence-corrected chi connectivity index (χ4v) is 8.98. The van der Waals surface area contributed by atoms with Crippen LogP contribution in [0.1, 0.15) is 85.5 Å². The summed E-state index contributed by atoms with van der Waals surface area (Å²) >= 11 is 0. The molecular weight excluding hydrogens is 380 g/mol. The number of carbonyl (C=O) groups excluding carboxylic acids is 1. The smallest absolute Gasteiger partial charge is 0.310 e. The van der Waals surface area contributed by atoms with Gasteiger partial charge in [0.15, 0.2) is 0 Å². The molecule has 4 rings (SSSR count). The molecule has 0 heterocycles. The summed E-state index contributed by atoms with van der Waals surface area (Å²) in [6.07, 6.45) is 5.00. The van der Waals surface area contributed by atoms with E-state index in [2.05, 4.69) is 20.8 Å². The van der Waals surface area contributed by atoms with Crippen LogP contribution in [0.15, 0.2) is 0 Å². The van der Waals surface area contributed by atoms with E-state index in [0.717, 1.165) is 25.7 Å². The lowest BCUT2D eigenvalue weighted by atomic mass is 9.39. The minimum Gasteiger partial charge on any atom is -0.481 e. The molecule has 2 unspecified atom stereocenters. The van der Waals surface area contributed by atoms with Crippen molar-refractivity contribution < 1.29 is 24.9 Å². The minimum atomic E-state index is -1.20. The van der Waals surface area contributed by atoms with Crippen LogP contribution in [0.4, 0.5) is 0 Å². The average molecular weight is 421 g/mol. The second-order valence-electron chi connectivity index (χ2n) is 11.7. The summed E-state index contributed by atoms with van der Waals surface area (Å²) in [6, 6.07) is 0. The van der Waals surface area contributed by atoms with Crippen molar-refractivity contribution >= 4 is 11.8 Å². The second-order valence-corrected chi connectivity index (χ2v) is 11.7. The van der Waals surface area contributed by atoms with Gasteiger partial charge >= 0.3 is 5.97 Å². The molecular formula is C25H40O5. The summed E-state index contributed by atoms with van der Waals surface area (Å²) in [5, 5.41) is 32.1. The Morgan fingerprint density at radius 2 is 1.87 bits per heavy atom. The van der Waals surface area contributed by atoms with Crippen molar-refractivity contribution in [1.29, 1.82) is 0 Å². The highest BCUT2D eigenvalue weighted by atomic mass is 16.4. The van der Waals surface area contributed by atoms with E-state index in [0.29, 0.717) is 31.1 Å². The van der Waals surface area contributed by atoms with Crippen LogP contribution in [0.5, 0.6) is 0 Å². The Hall–Kier alpha value is -0.940. The monoisotopic (exact) mass is 420 g/mol. The predicted molar refractivity (Wildman–Crippen MR) is 114 cm³/mol. The van der Waals surface area contributed by atoms with Crippen molar-refractivity contribution in [2.45, 2.75) is 97.7 Å². The van der Waals surface area contributed by atoms with E-state index in [4.69, 9.17) is 0 Å². The van der Waals surface area contributed by atoms with E-state index in [9.17, 15) is 24.9 Å². The van der Waals surface area contributed by atoms with Gasteiger partial charge in [-0.1, -0.05) is 40.5 Å². The van der Waals surface area contributed by atoms with Gasteiger partial charge in [-0.25, -0.2) is 0 Å². The molecule has 4 saturated carbocycles. The molecule has 30 heavy (non-hydrogen) atoms. The van der Waals surface area contributed by atoms with E-state index in [-0.39, 0.29) is 41.8 Å². The highest BCUT2D eigenvalue weighted by molar-refractivity contribution is 5.91. The lowest BCUT2D eigenvalue weighted by molar-refractivity contribution is -0.214. The molecule has 170 valence electrons. The standard InChI is InChI=1S/C25H40O5/c1-5-6-14(2)16-7-8-17-21-18(11-20(28)24(16,17)4)23(3)10-9-15(26)12-25(23,22(29)30)13-19(21)27/h14-18,20-21,26,28H,5-13H2,1-4H3,(H,29,30)/t14-,15-,16-,17+,18+,20?,21+,23-,24-,25?/m1/s1. The van der Waals surface area contributed by atoms with Crippen molar-refractivity contribution in [2.75, 3.05) is 0 Å². The van der Waals surface area contributed by atoms with Gasteiger partial charge in [-0.15, -0.1) is 0 Å². The molecule has 0 aromatic rings. The Morgan fingerprint density at radius 3 is 2.50 bits per heavy atom. The van der Waals surface area contributed by atoms with E-state index >= 15 is 0 Å². The summed E-state index contributed by atoms with van der Waals surface area (Å²) in [5.74, 6) is -0.0639. The number of carbonyl (C=O) groups is 2. The Balaban J connectivity index is 1.75. The molecule has 5 nitrogen and oxygen atoms in total. The van der Waals surface area contributed by atoms with Crippen molar-refractivity contribution in [3.05, 3.63) is 0 Å². The third-order valence-electron chi connectivity index (χ3n) is 10.6. The summed E-state index contributed by atoms with van der Waals surface area (Å²) in [6.45, 7) is 8.75. The molecule has 4 fully saturated rings. The molecule has 5 heteroatoms. The SMILES string of the molecule is CCC[C@@H](C)[C@H]1CC[C@H]2[C@@H]3C(=O)CC4(C(=O)O)C[C@H](O)CC[C@]4(C)[C@H]3CC(O)[C@]12C. The molecule has 0 bridgehead atoms. The molecule has 0 radical (unpaired) electrons. The van der Waals surface area contributed by atoms with Crippen molar-refractivity contribution in [3.63, 3.8) is 0 Å². The van der Waals surface area contributed by atoms with Crippen LogP contribution in [-0.2, 0) is 9.59 Å². The third kappa shape index (κ3) is 2.73. The lowest BCUT2D eigenvalue weighted by Crippen LogP contribution is -2.66. The van der Waals surface area contributed by atoms with Gasteiger partial charge < -0.3 is 15.3 Å². The summed E-state index contributed by atoms with van der Waals surface area (Å²) in [4.78, 5) is 26.2. The highest BCUT2D eigenvalue weighted by Gasteiger charge is 2.71. The van der Waals surface area contributed by atoms with Gasteiger partial charge in [0.2, 0.25) is 0 Å². The number of Topliss-reactive ketones (excluding diaryl/α,β-unsaturated/α-hetero) is 1. The molecule has 4 aliphatic carbocycles. The number of fused-ring (bicyclic) bond motifs is 5. The molecule has 0 amide bonds. The van der Waals surface area contributed by atoms with Crippen LogP contribution in [-0.4, -0.2) is 39.3 Å². The van der Waals surface area contributed by atoms with Crippen LogP contribution < -0.4 is 0 Å². The van der Waals surface area contributed by atoms with Gasteiger partial charge in [0.1, 0.15) is 5.78 Å². The van der Waals surface area contributed by atoms with Crippen LogP contribution in [0.2, 0.25) is 0 Å². The first-order valence-electron chi connectivity index (χ1n) is 12.1. The van der Waals surface area contributed by atoms with Crippen LogP contribution in [0, 0.1) is 45.8 Å². The zero-order chi connectivity index (χ0) is 22.1. The first kappa shape index (κ1) is 22.3. The van der Waals surface area contributed by atoms with Crippen molar-refractivity contribution in [2.24, 2.45) is 45.8 Å². The number of hydrogen-bond acceptors (Lipinski definition) is 4. The van der Waals surface area contributed by atoms with Crippen LogP contribution >= 0.6 is 0 Å². The molecule has 10 atom stereocenters. The van der Waals surface area contributed by atoms with Gasteiger partial charge in [-0.05, 0) is 67.6 Å². The summed E-state index contributed by atoms with van der Waals surface area (Å²) in [5.41, 5.74) is -2.03. The number of aliphatic carboxylic acids is 1. The number of ketones is 1. The average Bonchev–Trinajstić information content (AvgIpc) is 3.02. The minimum absolute atomic E-state index is 0.0366. The zero-order valence-electron chi connectivity index (χ0n) is 19.1. The van der Waals surface area contributed by atoms with Crippen LogP contribution in [0.25, 0.3) is 0 Å². The Bertz CT molecular complexity index is 720. The Labute approximate surface area is 180 Å². The fourth-order valence-electron chi connectivity index (χ4n) is 8.98. The van der Waals surface area contributed by atoms with E-state index in [1.54, 1.807) is 0 Å². The number of carboxylic acid groups (broad SMARTS) is 1. The number of rotatable bonds is 4. The predicted octanol–water partition coefficient (Wildman–Crippen LogP) is 4.05. The maximum Gasteiger partial charge on any atom is 0.310 e. The van der Waals surface area contributed by atoms with Gasteiger partial charge in [0.25, 0.3) is 0 Å². The molecule has 0 saturated heterocycles. The maximum atomic E-state index is 13.6. The van der Waals surface area contributed by atoms with Crippen molar-refractivity contribution in [3.8, 4) is 0 Å². The highest BCUT2D eigenvalue weighted by Crippen LogP contribution is 2.70. The second kappa shape index (κ2) is 7.30. The van der Waals surface area contributed by atoms with E-state index in [1.807, 2.05) is 6.92 Å². The summed E-state index contributed by atoms with van der Waals surface area (Å²) in [7, 11) is 0. The van der Waals surface area contributed by atoms with Crippen LogP contribution in [0.3, 0.4) is 0 Å². The third-order valence-corrected chi connectivity index (χ3v) is 10.6. The van der Waals surface area contributed by atoms with E-state index in [1.165, 1.54) is 0 Å². The first-order chi connectivity index (χ1) is 14.0. The molecule has 0 aliphatic heterocycles. The van der Waals surface area contributed by atoms with Gasteiger partial charge in [-0.3, -0.25) is 9.59 Å². The fraction of sp³-hybridized carbons (Fsp3) is 0.920. The summed E-state index contributed by atoms with van der Waals surface area (Å²) < 4.78 is 0. The Kier molecular flexibility index (Phi) is 5.42. The van der Waals surface area contributed by atoms with Gasteiger partial charge in [0.05, 0.1) is 17.6 Å². The van der Waals surface area contributed by atoms with Gasteiger partial charge in [0, 0.05) is 17.8 Å². The lowest BCUT2D eigenvalue weighted by Gasteiger charge is -2.64. The number of aliphatic hydroxyl groups is 2. The zero-order valence-corrected chi connectivity index (χ0v) is 19.1. The van der Waals surface area contributed by atoms with Gasteiger partial charge in [-0.2, -0.15) is 0 Å². The molecule has 4 aliphatic rings. The number of carboxylic acids is 1. The molecule has 3 N–H and O–H groups in total. The molecule has 0 aromatic heterocycles. The topological polar surface area (TPSA) is 94.8 Å². The largest absolute Gasteiger partial charge is 0.481 e.